The first kappa shape index (κ1) is 25.9. The fraction of sp³-hybridized carbons (Fsp3) is 0.333. The lowest BCUT2D eigenvalue weighted by molar-refractivity contribution is 0.222. The summed E-state index contributed by atoms with van der Waals surface area (Å²) in [5, 5.41) is 12.2. The van der Waals surface area contributed by atoms with Crippen LogP contribution in [-0.2, 0) is 6.42 Å². The fourth-order valence-electron chi connectivity index (χ4n) is 5.46. The van der Waals surface area contributed by atoms with E-state index in [-0.39, 0.29) is 5.75 Å². The van der Waals surface area contributed by atoms with Crippen molar-refractivity contribution < 1.29 is 19.3 Å². The Hall–Kier alpha value is -3.70. The monoisotopic (exact) mass is 511 g/mol. The molecule has 0 bridgehead atoms. The van der Waals surface area contributed by atoms with Gasteiger partial charge in [-0.3, -0.25) is 4.90 Å². The van der Waals surface area contributed by atoms with Gasteiger partial charge in [0.15, 0.2) is 0 Å². The lowest BCUT2D eigenvalue weighted by Gasteiger charge is -2.19. The highest BCUT2D eigenvalue weighted by atomic mass is 16.5. The van der Waals surface area contributed by atoms with Crippen LogP contribution in [0.4, 0.5) is 0 Å². The number of methoxy groups -OCH3 is 2. The van der Waals surface area contributed by atoms with Crippen LogP contribution in [0.25, 0.3) is 21.9 Å². The van der Waals surface area contributed by atoms with E-state index in [4.69, 9.17) is 14.2 Å². The molecule has 0 unspecified atom stereocenters. The van der Waals surface area contributed by atoms with Crippen LogP contribution in [-0.4, -0.2) is 50.5 Å². The van der Waals surface area contributed by atoms with Crippen molar-refractivity contribution >= 4 is 10.8 Å². The summed E-state index contributed by atoms with van der Waals surface area (Å²) in [6.07, 6.45) is 1.98. The molecular formula is C33H37NO4. The van der Waals surface area contributed by atoms with Gasteiger partial charge in [-0.2, -0.15) is 0 Å². The molecule has 0 amide bonds. The maximum atomic E-state index is 10.1. The number of hydrogen-bond donors (Lipinski definition) is 1. The lowest BCUT2D eigenvalue weighted by Crippen LogP contribution is -2.27. The van der Waals surface area contributed by atoms with Crippen LogP contribution in [0.5, 0.6) is 23.0 Å². The SMILES string of the molecule is COc1ccc(-c2ccc3cc(O)ccc3c2Cc2ccc(OCCN3CCC(C)(C)C3)cc2)c(OC)c1. The predicted octanol–water partition coefficient (Wildman–Crippen LogP) is 6.93. The summed E-state index contributed by atoms with van der Waals surface area (Å²) in [7, 11) is 3.34. The second kappa shape index (κ2) is 11.0. The molecule has 5 nitrogen and oxygen atoms in total. The molecule has 1 fully saturated rings. The van der Waals surface area contributed by atoms with E-state index >= 15 is 0 Å². The van der Waals surface area contributed by atoms with Crippen LogP contribution < -0.4 is 14.2 Å². The van der Waals surface area contributed by atoms with Crippen molar-refractivity contribution in [2.24, 2.45) is 5.41 Å². The molecule has 5 heteroatoms. The van der Waals surface area contributed by atoms with E-state index in [1.807, 2.05) is 30.3 Å². The first-order chi connectivity index (χ1) is 18.3. The molecule has 198 valence electrons. The predicted molar refractivity (Wildman–Crippen MR) is 154 cm³/mol. The number of likely N-dealkylation sites (tertiary alicyclic amines) is 1. The quantitative estimate of drug-likeness (QED) is 0.264. The Morgan fingerprint density at radius 1 is 0.842 bits per heavy atom. The number of benzene rings is 4. The van der Waals surface area contributed by atoms with E-state index in [2.05, 4.69) is 55.1 Å². The molecule has 38 heavy (non-hydrogen) atoms. The summed E-state index contributed by atoms with van der Waals surface area (Å²) < 4.78 is 17.2. The normalized spacial score (nSPS) is 15.1. The number of hydrogen-bond acceptors (Lipinski definition) is 5. The standard InChI is InChI=1S/C33H37NO4/c1-33(2)15-16-34(22-33)17-18-38-26-9-5-23(6-10-26)19-31-28-13-8-25(35)20-24(28)7-12-29(31)30-14-11-27(36-3)21-32(30)37-4/h5-14,20-21,35H,15-19,22H2,1-4H3. The van der Waals surface area contributed by atoms with Crippen molar-refractivity contribution in [3.8, 4) is 34.1 Å². The molecule has 4 aromatic carbocycles. The maximum Gasteiger partial charge on any atom is 0.130 e. The largest absolute Gasteiger partial charge is 0.508 e. The van der Waals surface area contributed by atoms with Crippen LogP contribution in [0.1, 0.15) is 31.4 Å². The first-order valence-electron chi connectivity index (χ1n) is 13.3. The average Bonchev–Trinajstić information content (AvgIpc) is 3.27. The molecule has 1 N–H and O–H groups in total. The van der Waals surface area contributed by atoms with Crippen molar-refractivity contribution in [1.82, 2.24) is 4.90 Å². The van der Waals surface area contributed by atoms with Crippen molar-refractivity contribution in [2.45, 2.75) is 26.7 Å². The number of rotatable bonds is 9. The van der Waals surface area contributed by atoms with E-state index < -0.39 is 0 Å². The van der Waals surface area contributed by atoms with Gasteiger partial charge in [0.1, 0.15) is 29.6 Å². The molecule has 0 atom stereocenters. The maximum absolute atomic E-state index is 10.1. The molecule has 4 aromatic rings. The average molecular weight is 512 g/mol. The van der Waals surface area contributed by atoms with Gasteiger partial charge >= 0.3 is 0 Å². The minimum atomic E-state index is 0.261. The number of phenols is 1. The van der Waals surface area contributed by atoms with Crippen molar-refractivity contribution in [3.63, 3.8) is 0 Å². The number of phenolic OH excluding ortho intramolecular Hbond substituents is 1. The zero-order chi connectivity index (χ0) is 26.7. The molecule has 0 aliphatic carbocycles. The topological polar surface area (TPSA) is 51.2 Å². The second-order valence-electron chi connectivity index (χ2n) is 10.9. The summed E-state index contributed by atoms with van der Waals surface area (Å²) >= 11 is 0. The Kier molecular flexibility index (Phi) is 7.48. The third-order valence-electron chi connectivity index (χ3n) is 7.55. The minimum absolute atomic E-state index is 0.261. The highest BCUT2D eigenvalue weighted by Crippen LogP contribution is 2.39. The Morgan fingerprint density at radius 2 is 1.61 bits per heavy atom. The zero-order valence-electron chi connectivity index (χ0n) is 22.8. The molecule has 0 spiro atoms. The Balaban J connectivity index is 1.39. The van der Waals surface area contributed by atoms with Crippen LogP contribution in [0.2, 0.25) is 0 Å². The lowest BCUT2D eigenvalue weighted by atomic mass is 9.89. The van der Waals surface area contributed by atoms with Gasteiger partial charge in [0.05, 0.1) is 14.2 Å². The van der Waals surface area contributed by atoms with Gasteiger partial charge in [-0.15, -0.1) is 0 Å². The van der Waals surface area contributed by atoms with Gasteiger partial charge in [-0.25, -0.2) is 0 Å². The number of ether oxygens (including phenoxy) is 3. The van der Waals surface area contributed by atoms with Crippen LogP contribution in [0.3, 0.4) is 0 Å². The van der Waals surface area contributed by atoms with E-state index in [0.29, 0.717) is 12.0 Å². The summed E-state index contributed by atoms with van der Waals surface area (Å²) in [5.41, 5.74) is 4.88. The Bertz CT molecular complexity index is 1410. The molecule has 0 radical (unpaired) electrons. The molecule has 0 aromatic heterocycles. The highest BCUT2D eigenvalue weighted by molar-refractivity contribution is 5.94. The van der Waals surface area contributed by atoms with Crippen LogP contribution >= 0.6 is 0 Å². The number of nitrogens with zero attached hydrogens (tertiary/aromatic N) is 1. The van der Waals surface area contributed by atoms with E-state index in [1.165, 1.54) is 17.5 Å². The zero-order valence-corrected chi connectivity index (χ0v) is 22.8. The molecule has 5 rings (SSSR count). The van der Waals surface area contributed by atoms with Gasteiger partial charge < -0.3 is 19.3 Å². The summed E-state index contributed by atoms with van der Waals surface area (Å²) in [6.45, 7) is 8.62. The van der Waals surface area contributed by atoms with Crippen LogP contribution in [0.15, 0.2) is 72.8 Å². The summed E-state index contributed by atoms with van der Waals surface area (Å²) in [5.74, 6) is 2.67. The first-order valence-corrected chi connectivity index (χ1v) is 13.3. The van der Waals surface area contributed by atoms with Gasteiger partial charge in [0.25, 0.3) is 0 Å². The van der Waals surface area contributed by atoms with Crippen molar-refractivity contribution in [2.75, 3.05) is 40.5 Å². The van der Waals surface area contributed by atoms with Crippen LogP contribution in [0, 0.1) is 5.41 Å². The van der Waals surface area contributed by atoms with Crippen molar-refractivity contribution in [3.05, 3.63) is 83.9 Å². The Labute approximate surface area is 225 Å². The number of aromatic hydroxyl groups is 1. The Morgan fingerprint density at radius 3 is 2.32 bits per heavy atom. The fourth-order valence-corrected chi connectivity index (χ4v) is 5.46. The van der Waals surface area contributed by atoms with Gasteiger partial charge in [0, 0.05) is 24.7 Å². The van der Waals surface area contributed by atoms with Gasteiger partial charge in [-0.05, 0) is 88.7 Å². The molecule has 1 heterocycles. The van der Waals surface area contributed by atoms with Gasteiger partial charge in [0.2, 0.25) is 0 Å². The smallest absolute Gasteiger partial charge is 0.130 e. The molecule has 0 saturated carbocycles. The van der Waals surface area contributed by atoms with E-state index in [0.717, 1.165) is 65.2 Å². The third-order valence-corrected chi connectivity index (χ3v) is 7.55. The second-order valence-corrected chi connectivity index (χ2v) is 10.9. The minimum Gasteiger partial charge on any atom is -0.508 e. The molecule has 1 aliphatic rings. The summed E-state index contributed by atoms with van der Waals surface area (Å²) in [6, 6.07) is 24.0. The number of fused-ring (bicyclic) bond motifs is 1. The van der Waals surface area contributed by atoms with E-state index in [9.17, 15) is 5.11 Å². The molecular weight excluding hydrogens is 474 g/mol. The van der Waals surface area contributed by atoms with Gasteiger partial charge in [-0.1, -0.05) is 44.2 Å². The van der Waals surface area contributed by atoms with Crippen molar-refractivity contribution in [1.29, 1.82) is 0 Å². The molecule has 1 aliphatic heterocycles. The van der Waals surface area contributed by atoms with E-state index in [1.54, 1.807) is 20.3 Å². The third kappa shape index (κ3) is 5.73. The highest BCUT2D eigenvalue weighted by Gasteiger charge is 2.28. The summed E-state index contributed by atoms with van der Waals surface area (Å²) in [4.78, 5) is 2.49. The molecule has 1 saturated heterocycles.